The number of guanidine groups is 1. The maximum atomic E-state index is 10.1. The highest BCUT2D eigenvalue weighted by Crippen LogP contribution is 2.29. The van der Waals surface area contributed by atoms with Gasteiger partial charge in [0.1, 0.15) is 0 Å². The van der Waals surface area contributed by atoms with E-state index < -0.39 is 0 Å². The first-order chi connectivity index (χ1) is 11.3. The minimum atomic E-state index is 0.0319. The Morgan fingerprint density at radius 3 is 2.50 bits per heavy atom. The van der Waals surface area contributed by atoms with Gasteiger partial charge in [0.2, 0.25) is 0 Å². The van der Waals surface area contributed by atoms with Crippen LogP contribution in [0.3, 0.4) is 0 Å². The molecule has 1 aromatic rings. The van der Waals surface area contributed by atoms with E-state index in [1.54, 1.807) is 13.2 Å². The lowest BCUT2D eigenvalue weighted by molar-refractivity contribution is 0.0205. The molecule has 136 valence electrons. The molecule has 0 saturated carbocycles. The molecule has 0 fully saturated rings. The molecule has 24 heavy (non-hydrogen) atoms. The molecule has 0 bridgehead atoms. The third-order valence-electron chi connectivity index (χ3n) is 3.76. The number of phenolic OH excluding ortho intramolecular Hbond substituents is 1. The summed E-state index contributed by atoms with van der Waals surface area (Å²) in [6, 6.07) is 5.39. The van der Waals surface area contributed by atoms with Crippen LogP contribution in [0.1, 0.15) is 33.3 Å². The molecule has 0 aliphatic heterocycles. The first-order valence-corrected chi connectivity index (χ1v) is 8.23. The molecule has 0 saturated heterocycles. The van der Waals surface area contributed by atoms with Crippen molar-refractivity contribution < 1.29 is 14.6 Å². The van der Waals surface area contributed by atoms with Crippen LogP contribution in [0, 0.1) is 5.41 Å². The zero-order chi connectivity index (χ0) is 18.2. The van der Waals surface area contributed by atoms with E-state index in [2.05, 4.69) is 36.4 Å². The van der Waals surface area contributed by atoms with E-state index >= 15 is 0 Å². The first kappa shape index (κ1) is 20.1. The minimum absolute atomic E-state index is 0.0319. The van der Waals surface area contributed by atoms with Crippen LogP contribution in [-0.4, -0.2) is 44.5 Å². The van der Waals surface area contributed by atoms with Crippen LogP contribution in [0.15, 0.2) is 23.2 Å². The molecule has 1 rings (SSSR count). The monoisotopic (exact) mass is 337 g/mol. The fourth-order valence-electron chi connectivity index (χ4n) is 2.30. The molecule has 3 N–H and O–H groups in total. The lowest BCUT2D eigenvalue weighted by Crippen LogP contribution is -2.45. The Morgan fingerprint density at radius 1 is 1.25 bits per heavy atom. The van der Waals surface area contributed by atoms with Gasteiger partial charge in [-0.1, -0.05) is 32.9 Å². The predicted molar refractivity (Wildman–Crippen MR) is 97.7 cm³/mol. The molecule has 0 aliphatic rings. The second-order valence-corrected chi connectivity index (χ2v) is 6.63. The van der Waals surface area contributed by atoms with Gasteiger partial charge in [0, 0.05) is 25.8 Å². The van der Waals surface area contributed by atoms with Gasteiger partial charge in [0.25, 0.3) is 0 Å². The van der Waals surface area contributed by atoms with Crippen LogP contribution < -0.4 is 15.4 Å². The Labute approximate surface area is 145 Å². The molecule has 0 spiro atoms. The molecule has 0 amide bonds. The lowest BCUT2D eigenvalue weighted by Gasteiger charge is -2.30. The van der Waals surface area contributed by atoms with Crippen molar-refractivity contribution >= 4 is 5.96 Å². The number of aliphatic imine (C=N–C) groups is 1. The Kier molecular flexibility index (Phi) is 7.85. The normalized spacial score (nSPS) is 13.5. The number of hydrogen-bond acceptors (Lipinski definition) is 4. The van der Waals surface area contributed by atoms with E-state index in [0.29, 0.717) is 30.4 Å². The number of ether oxygens (including phenoxy) is 2. The summed E-state index contributed by atoms with van der Waals surface area (Å²) >= 11 is 0. The van der Waals surface area contributed by atoms with Crippen LogP contribution in [0.2, 0.25) is 0 Å². The Hall–Kier alpha value is -1.95. The van der Waals surface area contributed by atoms with Crippen LogP contribution in [-0.2, 0) is 11.3 Å². The Bertz CT molecular complexity index is 539. The van der Waals surface area contributed by atoms with Gasteiger partial charge >= 0.3 is 0 Å². The van der Waals surface area contributed by atoms with Crippen molar-refractivity contribution in [3.05, 3.63) is 23.8 Å². The minimum Gasteiger partial charge on any atom is -0.504 e. The molecule has 0 aromatic heterocycles. The predicted octanol–water partition coefficient (Wildman–Crippen LogP) is 2.52. The summed E-state index contributed by atoms with van der Waals surface area (Å²) in [5.74, 6) is 1.27. The van der Waals surface area contributed by atoms with Crippen molar-refractivity contribution in [2.45, 2.75) is 40.3 Å². The highest BCUT2D eigenvalue weighted by molar-refractivity contribution is 5.79. The summed E-state index contributed by atoms with van der Waals surface area (Å²) in [5.41, 5.74) is 0.745. The molecule has 0 radical (unpaired) electrons. The number of aromatic hydroxyl groups is 1. The second-order valence-electron chi connectivity index (χ2n) is 6.63. The largest absolute Gasteiger partial charge is 0.504 e. The number of nitrogens with zero attached hydrogens (tertiary/aromatic N) is 1. The lowest BCUT2D eigenvalue weighted by atomic mass is 9.89. The van der Waals surface area contributed by atoms with Crippen molar-refractivity contribution in [2.24, 2.45) is 10.4 Å². The summed E-state index contributed by atoms with van der Waals surface area (Å²) in [7, 11) is 3.25. The number of phenols is 1. The number of rotatable bonds is 7. The van der Waals surface area contributed by atoms with Crippen molar-refractivity contribution in [1.29, 1.82) is 0 Å². The number of nitrogens with one attached hydrogen (secondary N) is 2. The van der Waals surface area contributed by atoms with E-state index in [1.165, 1.54) is 7.11 Å². The van der Waals surface area contributed by atoms with E-state index in [-0.39, 0.29) is 17.3 Å². The fraction of sp³-hybridized carbons (Fsp3) is 0.611. The maximum Gasteiger partial charge on any atom is 0.191 e. The zero-order valence-electron chi connectivity index (χ0n) is 15.6. The van der Waals surface area contributed by atoms with E-state index in [1.807, 2.05) is 19.1 Å². The van der Waals surface area contributed by atoms with Crippen molar-refractivity contribution in [2.75, 3.05) is 27.3 Å². The third-order valence-corrected chi connectivity index (χ3v) is 3.76. The van der Waals surface area contributed by atoms with Gasteiger partial charge in [0.05, 0.1) is 19.8 Å². The average molecular weight is 337 g/mol. The Balaban J connectivity index is 2.79. The van der Waals surface area contributed by atoms with Gasteiger partial charge in [0.15, 0.2) is 17.5 Å². The quantitative estimate of drug-likeness (QED) is 0.526. The van der Waals surface area contributed by atoms with E-state index in [0.717, 1.165) is 6.54 Å². The maximum absolute atomic E-state index is 10.1. The number of hydrogen-bond donors (Lipinski definition) is 3. The molecule has 1 aromatic carbocycles. The molecular formula is C18H31N3O3. The summed E-state index contributed by atoms with van der Waals surface area (Å²) in [4.78, 5) is 4.53. The van der Waals surface area contributed by atoms with Crippen molar-refractivity contribution in [3.63, 3.8) is 0 Å². The smallest absolute Gasteiger partial charge is 0.191 e. The molecule has 1 atom stereocenters. The van der Waals surface area contributed by atoms with Gasteiger partial charge in [-0.3, -0.25) is 0 Å². The van der Waals surface area contributed by atoms with E-state index in [4.69, 9.17) is 9.47 Å². The van der Waals surface area contributed by atoms with Crippen molar-refractivity contribution in [1.82, 2.24) is 10.6 Å². The van der Waals surface area contributed by atoms with Gasteiger partial charge in [-0.05, 0) is 18.4 Å². The van der Waals surface area contributed by atoms with Gasteiger partial charge in [-0.15, -0.1) is 0 Å². The molecule has 1 unspecified atom stereocenters. The summed E-state index contributed by atoms with van der Waals surface area (Å²) < 4.78 is 10.7. The van der Waals surface area contributed by atoms with Gasteiger partial charge in [-0.2, -0.15) is 0 Å². The number of para-hydroxylation sites is 1. The van der Waals surface area contributed by atoms with Crippen LogP contribution >= 0.6 is 0 Å². The summed E-state index contributed by atoms with van der Waals surface area (Å²) in [6.45, 7) is 10.2. The molecule has 0 heterocycles. The number of methoxy groups -OCH3 is 2. The molecule has 0 aliphatic carbocycles. The van der Waals surface area contributed by atoms with Crippen LogP contribution in [0.5, 0.6) is 11.5 Å². The standard InChI is InChI=1S/C18H31N3O3/c1-7-19-17(21-12-15(24-6)18(2,3)4)20-11-13-9-8-10-14(23-5)16(13)22/h8-10,15,22H,7,11-12H2,1-6H3,(H2,19,20,21). The zero-order valence-corrected chi connectivity index (χ0v) is 15.6. The number of benzene rings is 1. The topological polar surface area (TPSA) is 75.1 Å². The van der Waals surface area contributed by atoms with E-state index in [9.17, 15) is 5.11 Å². The highest BCUT2D eigenvalue weighted by atomic mass is 16.5. The second kappa shape index (κ2) is 9.37. The average Bonchev–Trinajstić information content (AvgIpc) is 2.52. The molecule has 6 nitrogen and oxygen atoms in total. The third kappa shape index (κ3) is 5.92. The first-order valence-electron chi connectivity index (χ1n) is 8.23. The highest BCUT2D eigenvalue weighted by Gasteiger charge is 2.24. The van der Waals surface area contributed by atoms with Crippen molar-refractivity contribution in [3.8, 4) is 11.5 Å². The summed E-state index contributed by atoms with van der Waals surface area (Å²) in [6.07, 6.45) is 0.0616. The fourth-order valence-corrected chi connectivity index (χ4v) is 2.30. The Morgan fingerprint density at radius 2 is 1.96 bits per heavy atom. The van der Waals surface area contributed by atoms with Gasteiger partial charge < -0.3 is 25.2 Å². The summed E-state index contributed by atoms with van der Waals surface area (Å²) in [5, 5.41) is 16.6. The van der Waals surface area contributed by atoms with Crippen LogP contribution in [0.25, 0.3) is 0 Å². The molecular weight excluding hydrogens is 306 g/mol. The SMILES string of the molecule is CCNC(=NCc1cccc(OC)c1O)NCC(OC)C(C)(C)C. The van der Waals surface area contributed by atoms with Gasteiger partial charge in [-0.25, -0.2) is 4.99 Å². The molecule has 6 heteroatoms. The van der Waals surface area contributed by atoms with Crippen LogP contribution in [0.4, 0.5) is 0 Å².